The molecule has 0 bridgehead atoms. The lowest BCUT2D eigenvalue weighted by atomic mass is 10.1. The molecule has 0 aliphatic carbocycles. The summed E-state index contributed by atoms with van der Waals surface area (Å²) in [5.74, 6) is -0.756. The molecule has 1 aromatic carbocycles. The largest absolute Gasteiger partial charge is 0.465 e. The molecule has 0 saturated heterocycles. The average Bonchev–Trinajstić information content (AvgIpc) is 3.26. The van der Waals surface area contributed by atoms with E-state index < -0.39 is 24.0 Å². The van der Waals surface area contributed by atoms with E-state index >= 15 is 0 Å². The summed E-state index contributed by atoms with van der Waals surface area (Å²) in [5.41, 5.74) is 2.12. The maximum Gasteiger partial charge on any atom is 0.404 e. The molecule has 0 fully saturated rings. The highest BCUT2D eigenvalue weighted by atomic mass is 19.1. The zero-order chi connectivity index (χ0) is 24.9. The summed E-state index contributed by atoms with van der Waals surface area (Å²) in [5, 5.41) is 32.4. The van der Waals surface area contributed by atoms with Gasteiger partial charge >= 0.3 is 6.09 Å². The zero-order valence-electron chi connectivity index (χ0n) is 19.0. The predicted molar refractivity (Wildman–Crippen MR) is 129 cm³/mol. The highest BCUT2D eigenvalue weighted by molar-refractivity contribution is 5.83. The van der Waals surface area contributed by atoms with Crippen molar-refractivity contribution in [1.82, 2.24) is 25.1 Å². The molecule has 4 rings (SSSR count). The Morgan fingerprint density at radius 2 is 2.09 bits per heavy atom. The van der Waals surface area contributed by atoms with Gasteiger partial charge in [-0.15, -0.1) is 0 Å². The molecule has 11 heteroatoms. The molecular formula is C24H23FN8O2. The molecular weight excluding hydrogens is 451 g/mol. The third-order valence-corrected chi connectivity index (χ3v) is 5.45. The Hall–Kier alpha value is -4.72. The fourth-order valence-corrected chi connectivity index (χ4v) is 3.76. The van der Waals surface area contributed by atoms with Gasteiger partial charge in [0, 0.05) is 23.8 Å². The smallest absolute Gasteiger partial charge is 0.404 e. The van der Waals surface area contributed by atoms with Crippen molar-refractivity contribution < 1.29 is 14.3 Å². The minimum atomic E-state index is -1.22. The Bertz CT molecular complexity index is 1400. The number of halogens is 1. The molecule has 3 aromatic heterocycles. The van der Waals surface area contributed by atoms with Crippen molar-refractivity contribution in [1.29, 1.82) is 5.26 Å². The van der Waals surface area contributed by atoms with Crippen LogP contribution in [0, 0.1) is 17.1 Å². The number of pyridine rings is 2. The highest BCUT2D eigenvalue weighted by Gasteiger charge is 2.24. The van der Waals surface area contributed by atoms with Crippen LogP contribution in [0.15, 0.2) is 54.9 Å². The number of hydrogen-bond donors (Lipinski definition) is 4. The van der Waals surface area contributed by atoms with Crippen LogP contribution in [-0.2, 0) is 6.54 Å². The molecule has 4 aromatic rings. The van der Waals surface area contributed by atoms with Crippen LogP contribution in [0.1, 0.15) is 31.1 Å². The number of aryl methyl sites for hydroxylation is 1. The van der Waals surface area contributed by atoms with Crippen LogP contribution in [0.5, 0.6) is 0 Å². The molecule has 0 unspecified atom stereocenters. The number of nitriles is 1. The fourth-order valence-electron chi connectivity index (χ4n) is 3.76. The predicted octanol–water partition coefficient (Wildman–Crippen LogP) is 4.41. The van der Waals surface area contributed by atoms with Gasteiger partial charge in [0.1, 0.15) is 6.07 Å². The Balaban J connectivity index is 1.68. The van der Waals surface area contributed by atoms with E-state index in [0.29, 0.717) is 11.4 Å². The first-order valence-corrected chi connectivity index (χ1v) is 10.9. The van der Waals surface area contributed by atoms with Gasteiger partial charge in [0.25, 0.3) is 0 Å². The molecule has 10 nitrogen and oxygen atoms in total. The highest BCUT2D eigenvalue weighted by Crippen LogP contribution is 2.28. The lowest BCUT2D eigenvalue weighted by Crippen LogP contribution is -2.39. The van der Waals surface area contributed by atoms with Crippen molar-refractivity contribution in [2.75, 3.05) is 10.6 Å². The summed E-state index contributed by atoms with van der Waals surface area (Å²) in [6, 6.07) is 12.4. The number of benzene rings is 1. The van der Waals surface area contributed by atoms with Crippen LogP contribution in [0.3, 0.4) is 0 Å². The van der Waals surface area contributed by atoms with Gasteiger partial charge < -0.3 is 21.1 Å². The van der Waals surface area contributed by atoms with Gasteiger partial charge in [0.2, 0.25) is 0 Å². The van der Waals surface area contributed by atoms with E-state index in [1.807, 2.05) is 35.9 Å². The fraction of sp³-hybridized carbons (Fsp3) is 0.208. The molecule has 178 valence electrons. The van der Waals surface area contributed by atoms with Gasteiger partial charge in [0.15, 0.2) is 17.5 Å². The van der Waals surface area contributed by atoms with Crippen LogP contribution in [0.25, 0.3) is 10.9 Å². The van der Waals surface area contributed by atoms with Crippen LogP contribution in [-0.4, -0.2) is 37.0 Å². The van der Waals surface area contributed by atoms with Crippen LogP contribution in [0.2, 0.25) is 0 Å². The molecule has 0 aliphatic rings. The normalized spacial score (nSPS) is 12.5. The van der Waals surface area contributed by atoms with Crippen molar-refractivity contribution >= 4 is 34.3 Å². The lowest BCUT2D eigenvalue weighted by molar-refractivity contribution is 0.189. The molecule has 0 spiro atoms. The summed E-state index contributed by atoms with van der Waals surface area (Å²) in [7, 11) is 0. The number of nitrogens with zero attached hydrogens (tertiary/aromatic N) is 5. The summed E-state index contributed by atoms with van der Waals surface area (Å²) >= 11 is 0. The first kappa shape index (κ1) is 23.4. The number of aromatic nitrogens is 4. The Kier molecular flexibility index (Phi) is 6.73. The molecule has 0 radical (unpaired) electrons. The van der Waals surface area contributed by atoms with E-state index in [4.69, 9.17) is 5.11 Å². The van der Waals surface area contributed by atoms with Crippen molar-refractivity contribution in [2.24, 2.45) is 0 Å². The second-order valence-electron chi connectivity index (χ2n) is 7.80. The third-order valence-electron chi connectivity index (χ3n) is 5.45. The first-order chi connectivity index (χ1) is 16.9. The topological polar surface area (TPSA) is 141 Å². The number of fused-ring (bicyclic) bond motifs is 1. The molecule has 2 atom stereocenters. The van der Waals surface area contributed by atoms with E-state index in [1.54, 1.807) is 37.5 Å². The first-order valence-electron chi connectivity index (χ1n) is 10.9. The monoisotopic (exact) mass is 474 g/mol. The number of anilines is 3. The standard InChI is InChI=1S/C24H23FN8O2/c1-3-33-20-8-7-17(10-16(20)13-28-33)30-22-15(12-26)11-18(25)23(32-22)31-21(14(2)29-24(34)35)19-6-4-5-9-27-19/h4-11,13-14,21,29H,3H2,1-2H3,(H,34,35)(H2,30,31,32)/t14-,21-/m0/s1. The van der Waals surface area contributed by atoms with Gasteiger partial charge in [-0.3, -0.25) is 9.67 Å². The average molecular weight is 475 g/mol. The molecule has 1 amide bonds. The second-order valence-corrected chi connectivity index (χ2v) is 7.80. The van der Waals surface area contributed by atoms with Crippen LogP contribution >= 0.6 is 0 Å². The summed E-state index contributed by atoms with van der Waals surface area (Å²) in [6.07, 6.45) is 2.08. The Labute approximate surface area is 200 Å². The van der Waals surface area contributed by atoms with Gasteiger partial charge in [0.05, 0.1) is 35.1 Å². The maximum atomic E-state index is 14.9. The summed E-state index contributed by atoms with van der Waals surface area (Å²) in [4.78, 5) is 19.8. The van der Waals surface area contributed by atoms with Crippen LogP contribution in [0.4, 0.5) is 26.5 Å². The number of rotatable bonds is 8. The van der Waals surface area contributed by atoms with Gasteiger partial charge in [-0.1, -0.05) is 6.07 Å². The number of nitrogens with one attached hydrogen (secondary N) is 3. The quantitative estimate of drug-likeness (QED) is 0.294. The van der Waals surface area contributed by atoms with Gasteiger partial charge in [-0.05, 0) is 50.2 Å². The van der Waals surface area contributed by atoms with Crippen molar-refractivity contribution in [3.8, 4) is 6.07 Å². The van der Waals surface area contributed by atoms with Crippen molar-refractivity contribution in [2.45, 2.75) is 32.5 Å². The summed E-state index contributed by atoms with van der Waals surface area (Å²) in [6.45, 7) is 4.36. The number of carbonyl (C=O) groups is 1. The Morgan fingerprint density at radius 3 is 2.77 bits per heavy atom. The Morgan fingerprint density at radius 1 is 1.26 bits per heavy atom. The minimum Gasteiger partial charge on any atom is -0.465 e. The van der Waals surface area contributed by atoms with Crippen molar-refractivity contribution in [3.05, 3.63) is 71.9 Å². The van der Waals surface area contributed by atoms with Crippen molar-refractivity contribution in [3.63, 3.8) is 0 Å². The van der Waals surface area contributed by atoms with Gasteiger partial charge in [-0.2, -0.15) is 10.4 Å². The molecule has 4 N–H and O–H groups in total. The van der Waals surface area contributed by atoms with Crippen LogP contribution < -0.4 is 16.0 Å². The molecule has 3 heterocycles. The lowest BCUT2D eigenvalue weighted by Gasteiger charge is -2.25. The second kappa shape index (κ2) is 10.0. The number of hydrogen-bond acceptors (Lipinski definition) is 7. The zero-order valence-corrected chi connectivity index (χ0v) is 19.0. The van der Waals surface area contributed by atoms with E-state index in [0.717, 1.165) is 23.5 Å². The number of carboxylic acid groups (broad SMARTS) is 1. The third kappa shape index (κ3) is 5.11. The number of amides is 1. The van der Waals surface area contributed by atoms with E-state index in [-0.39, 0.29) is 17.2 Å². The molecule has 35 heavy (non-hydrogen) atoms. The summed E-state index contributed by atoms with van der Waals surface area (Å²) < 4.78 is 16.8. The van der Waals surface area contributed by atoms with E-state index in [1.165, 1.54) is 0 Å². The minimum absolute atomic E-state index is 0.0171. The maximum absolute atomic E-state index is 14.9. The molecule has 0 saturated carbocycles. The molecule has 0 aliphatic heterocycles. The van der Waals surface area contributed by atoms with Gasteiger partial charge in [-0.25, -0.2) is 14.2 Å². The SMILES string of the molecule is CCn1ncc2cc(Nc3nc(N[C@H](c4ccccn4)[C@H](C)NC(=O)O)c(F)cc3C#N)ccc21. The van der Waals surface area contributed by atoms with E-state index in [2.05, 4.69) is 31.0 Å². The van der Waals surface area contributed by atoms with E-state index in [9.17, 15) is 14.4 Å².